The maximum atomic E-state index is 12.5. The van der Waals surface area contributed by atoms with Crippen molar-refractivity contribution in [2.45, 2.75) is 16.7 Å². The van der Waals surface area contributed by atoms with Gasteiger partial charge in [-0.15, -0.1) is 0 Å². The van der Waals surface area contributed by atoms with Crippen molar-refractivity contribution >= 4 is 29.3 Å². The van der Waals surface area contributed by atoms with E-state index in [0.29, 0.717) is 11.4 Å². The van der Waals surface area contributed by atoms with Crippen molar-refractivity contribution in [1.82, 2.24) is 4.98 Å². The molecule has 1 atom stereocenters. The molecule has 0 bridgehead atoms. The molecule has 0 radical (unpaired) electrons. The molecule has 1 fully saturated rings. The summed E-state index contributed by atoms with van der Waals surface area (Å²) in [5.74, 6) is 0.194. The van der Waals surface area contributed by atoms with Gasteiger partial charge in [-0.25, -0.2) is 9.88 Å². The van der Waals surface area contributed by atoms with Crippen LogP contribution in [0.3, 0.4) is 0 Å². The summed E-state index contributed by atoms with van der Waals surface area (Å²) in [4.78, 5) is 30.2. The van der Waals surface area contributed by atoms with E-state index in [1.54, 1.807) is 37.6 Å². The van der Waals surface area contributed by atoms with Gasteiger partial charge in [-0.1, -0.05) is 23.9 Å². The van der Waals surface area contributed by atoms with E-state index in [2.05, 4.69) is 4.98 Å². The average molecular weight is 314 g/mol. The maximum Gasteiger partial charge on any atom is 0.247 e. The van der Waals surface area contributed by atoms with Gasteiger partial charge in [-0.2, -0.15) is 0 Å². The monoisotopic (exact) mass is 314 g/mol. The molecule has 22 heavy (non-hydrogen) atoms. The number of methoxy groups -OCH3 is 1. The Morgan fingerprint density at radius 2 is 2.09 bits per heavy atom. The molecule has 6 heteroatoms. The molecule has 1 aromatic heterocycles. The summed E-state index contributed by atoms with van der Waals surface area (Å²) in [6.07, 6.45) is 1.85. The van der Waals surface area contributed by atoms with Crippen molar-refractivity contribution in [3.05, 3.63) is 48.7 Å². The molecule has 0 aliphatic carbocycles. The minimum Gasteiger partial charge on any atom is -0.497 e. The molecular formula is C16H14N2O3S. The highest BCUT2D eigenvalue weighted by atomic mass is 32.2. The van der Waals surface area contributed by atoms with E-state index in [0.717, 1.165) is 5.03 Å². The van der Waals surface area contributed by atoms with E-state index in [4.69, 9.17) is 4.74 Å². The van der Waals surface area contributed by atoms with Crippen molar-refractivity contribution < 1.29 is 14.3 Å². The second-order valence-corrected chi connectivity index (χ2v) is 5.97. The Morgan fingerprint density at radius 1 is 1.23 bits per heavy atom. The molecule has 5 nitrogen and oxygen atoms in total. The van der Waals surface area contributed by atoms with Crippen LogP contribution in [-0.4, -0.2) is 29.2 Å². The van der Waals surface area contributed by atoms with Crippen molar-refractivity contribution in [3.8, 4) is 5.75 Å². The lowest BCUT2D eigenvalue weighted by Crippen LogP contribution is -2.31. The largest absolute Gasteiger partial charge is 0.497 e. The molecule has 0 spiro atoms. The Bertz CT molecular complexity index is 706. The maximum absolute atomic E-state index is 12.5. The second kappa shape index (κ2) is 6.19. The number of hydrogen-bond acceptors (Lipinski definition) is 5. The fraction of sp³-hybridized carbons (Fsp3) is 0.188. The molecule has 2 aromatic rings. The highest BCUT2D eigenvalue weighted by Crippen LogP contribution is 2.33. The highest BCUT2D eigenvalue weighted by molar-refractivity contribution is 8.00. The second-order valence-electron chi connectivity index (χ2n) is 4.75. The van der Waals surface area contributed by atoms with Gasteiger partial charge in [0.1, 0.15) is 5.75 Å². The van der Waals surface area contributed by atoms with Crippen LogP contribution in [0, 0.1) is 0 Å². The topological polar surface area (TPSA) is 59.5 Å². The number of aromatic nitrogens is 1. The van der Waals surface area contributed by atoms with Crippen LogP contribution >= 0.6 is 11.8 Å². The van der Waals surface area contributed by atoms with Gasteiger partial charge >= 0.3 is 0 Å². The van der Waals surface area contributed by atoms with Gasteiger partial charge < -0.3 is 4.74 Å². The zero-order chi connectivity index (χ0) is 15.5. The first-order valence-electron chi connectivity index (χ1n) is 6.77. The van der Waals surface area contributed by atoms with Crippen molar-refractivity contribution in [2.75, 3.05) is 12.0 Å². The van der Waals surface area contributed by atoms with Crippen LogP contribution in [0.5, 0.6) is 5.75 Å². The molecular weight excluding hydrogens is 300 g/mol. The van der Waals surface area contributed by atoms with Gasteiger partial charge in [0.05, 0.1) is 23.1 Å². The predicted molar refractivity (Wildman–Crippen MR) is 84.0 cm³/mol. The first kappa shape index (κ1) is 14.6. The molecule has 1 aliphatic rings. The lowest BCUT2D eigenvalue weighted by Gasteiger charge is -2.15. The molecule has 0 saturated carbocycles. The van der Waals surface area contributed by atoms with Crippen LogP contribution in [0.25, 0.3) is 0 Å². The highest BCUT2D eigenvalue weighted by Gasteiger charge is 2.40. The predicted octanol–water partition coefficient (Wildman–Crippen LogP) is 2.51. The van der Waals surface area contributed by atoms with Crippen LogP contribution in [0.1, 0.15) is 6.42 Å². The van der Waals surface area contributed by atoms with E-state index < -0.39 is 5.25 Å². The van der Waals surface area contributed by atoms with Crippen LogP contribution < -0.4 is 9.64 Å². The molecule has 112 valence electrons. The van der Waals surface area contributed by atoms with E-state index in [9.17, 15) is 9.59 Å². The third-order valence-corrected chi connectivity index (χ3v) is 4.45. The number of pyridine rings is 1. The number of nitrogens with zero attached hydrogens (tertiary/aromatic N) is 2. The molecule has 1 aromatic carbocycles. The summed E-state index contributed by atoms with van der Waals surface area (Å²) in [6, 6.07) is 12.4. The summed E-state index contributed by atoms with van der Waals surface area (Å²) >= 11 is 1.32. The van der Waals surface area contributed by atoms with Crippen LogP contribution in [0.15, 0.2) is 53.7 Å². The number of anilines is 1. The number of amides is 2. The van der Waals surface area contributed by atoms with Gasteiger partial charge in [0.15, 0.2) is 0 Å². The minimum absolute atomic E-state index is 0.178. The van der Waals surface area contributed by atoms with Crippen molar-refractivity contribution in [1.29, 1.82) is 0 Å². The Balaban J connectivity index is 1.82. The Kier molecular flexibility index (Phi) is 4.11. The van der Waals surface area contributed by atoms with Gasteiger partial charge in [-0.05, 0) is 24.3 Å². The molecule has 1 aliphatic heterocycles. The Hall–Kier alpha value is -2.34. The summed E-state index contributed by atoms with van der Waals surface area (Å²) in [5.41, 5.74) is 0.540. The minimum atomic E-state index is -0.436. The van der Waals surface area contributed by atoms with E-state index in [1.165, 1.54) is 16.7 Å². The number of ether oxygens (including phenoxy) is 1. The van der Waals surface area contributed by atoms with Gasteiger partial charge in [-0.3, -0.25) is 9.59 Å². The fourth-order valence-corrected chi connectivity index (χ4v) is 3.28. The summed E-state index contributed by atoms with van der Waals surface area (Å²) in [7, 11) is 1.55. The summed E-state index contributed by atoms with van der Waals surface area (Å²) < 4.78 is 5.14. The Morgan fingerprint density at radius 3 is 2.82 bits per heavy atom. The quantitative estimate of drug-likeness (QED) is 0.812. The number of rotatable bonds is 4. The lowest BCUT2D eigenvalue weighted by molar-refractivity contribution is -0.121. The van der Waals surface area contributed by atoms with E-state index >= 15 is 0 Å². The van der Waals surface area contributed by atoms with Gasteiger partial charge in [0, 0.05) is 18.7 Å². The molecule has 1 saturated heterocycles. The zero-order valence-electron chi connectivity index (χ0n) is 11.9. The van der Waals surface area contributed by atoms with Gasteiger partial charge in [0.25, 0.3) is 0 Å². The van der Waals surface area contributed by atoms with E-state index in [1.807, 2.05) is 18.2 Å². The average Bonchev–Trinajstić information content (AvgIpc) is 2.82. The number of thioether (sulfide) groups is 1. The standard InChI is InChI=1S/C16H14N2O3S/c1-21-12-6-4-5-11(9-12)18-15(19)10-13(16(18)20)22-14-7-2-3-8-17-14/h2-9,13H,10H2,1H3. The first-order valence-corrected chi connectivity index (χ1v) is 7.65. The van der Waals surface area contributed by atoms with Crippen LogP contribution in [0.4, 0.5) is 5.69 Å². The summed E-state index contributed by atoms with van der Waals surface area (Å²) in [6.45, 7) is 0. The molecule has 0 N–H and O–H groups in total. The molecule has 3 rings (SSSR count). The normalized spacial score (nSPS) is 17.9. The third kappa shape index (κ3) is 2.82. The summed E-state index contributed by atoms with van der Waals surface area (Å²) in [5, 5.41) is 0.301. The lowest BCUT2D eigenvalue weighted by atomic mass is 10.3. The number of hydrogen-bond donors (Lipinski definition) is 0. The van der Waals surface area contributed by atoms with Crippen LogP contribution in [-0.2, 0) is 9.59 Å². The number of benzene rings is 1. The Labute approximate surface area is 132 Å². The van der Waals surface area contributed by atoms with E-state index in [-0.39, 0.29) is 18.2 Å². The third-order valence-electron chi connectivity index (χ3n) is 3.32. The number of imide groups is 1. The molecule has 2 amide bonds. The van der Waals surface area contributed by atoms with Crippen molar-refractivity contribution in [2.24, 2.45) is 0 Å². The van der Waals surface area contributed by atoms with Crippen molar-refractivity contribution in [3.63, 3.8) is 0 Å². The van der Waals surface area contributed by atoms with Gasteiger partial charge in [0.2, 0.25) is 11.8 Å². The smallest absolute Gasteiger partial charge is 0.247 e. The zero-order valence-corrected chi connectivity index (χ0v) is 12.7. The molecule has 1 unspecified atom stereocenters. The first-order chi connectivity index (χ1) is 10.7. The molecule has 2 heterocycles. The van der Waals surface area contributed by atoms with Crippen LogP contribution in [0.2, 0.25) is 0 Å². The SMILES string of the molecule is COc1cccc(N2C(=O)CC(Sc3ccccn3)C2=O)c1. The number of carbonyl (C=O) groups excluding carboxylic acids is 2. The fourth-order valence-electron chi connectivity index (χ4n) is 2.28. The number of carbonyl (C=O) groups is 2.